The summed E-state index contributed by atoms with van der Waals surface area (Å²) in [6.07, 6.45) is 0. The first-order valence-electron chi connectivity index (χ1n) is 42.8. The number of phenolic OH excluding ortho intramolecular Hbond substituents is 1. The van der Waals surface area contributed by atoms with E-state index in [2.05, 4.69) is 31.0 Å². The number of nitriles is 1. The molecule has 0 unspecified atom stereocenters. The molecule has 0 radical (unpaired) electrons. The Morgan fingerprint density at radius 2 is 0.532 bits per heavy atom. The molecule has 8 N–H and O–H groups in total. The van der Waals surface area contributed by atoms with Gasteiger partial charge in [0.15, 0.2) is 34.3 Å². The summed E-state index contributed by atoms with van der Waals surface area (Å²) >= 11 is 6.01. The van der Waals surface area contributed by atoms with Crippen molar-refractivity contribution >= 4 is 98.3 Å². The number of carboxylic acids is 6. The maximum Gasteiger partial charge on any atom is 0.355 e. The number of rotatable bonds is 23. The van der Waals surface area contributed by atoms with Gasteiger partial charge < -0.3 is 40.9 Å². The number of carbonyl (C=O) groups excluding carboxylic acids is 1. The molecule has 0 saturated heterocycles. The molecule has 36 heteroatoms. The topological polar surface area (TPSA) is 459 Å². The predicted molar refractivity (Wildman–Crippen MR) is 538 cm³/mol. The Kier molecular flexibility index (Phi) is 29.1. The fourth-order valence-electron chi connectivity index (χ4n) is 15.4. The highest BCUT2D eigenvalue weighted by Crippen LogP contribution is 2.42. The number of benzene rings is 10. The maximum absolute atomic E-state index is 11.9. The molecule has 0 aliphatic carbocycles. The highest BCUT2D eigenvalue weighted by atomic mass is 32.1. The van der Waals surface area contributed by atoms with Crippen molar-refractivity contribution < 1.29 is 74.4 Å². The van der Waals surface area contributed by atoms with Crippen LogP contribution in [0.4, 0.5) is 0 Å². The molecule has 0 atom stereocenters. The molecule has 0 bridgehead atoms. The van der Waals surface area contributed by atoms with E-state index in [0.717, 1.165) is 140 Å². The standard InChI is InChI=1S/C22H17N3O3S.C21H14N4O2S.C21H15N3O4S.C21H17N3O3S.C20H15N3O3S/c1-13-19(15-7-4-3-5-8-15)24-25(22-23-18(12-29-22)21(27)28)20(13)17-10-6-9-16(11-17)14(2)26;1-13-18(15-7-3-2-4-8-15)24-25(21-23-17(12-28-21)20(26)27)19(13)16-9-5-6-14(10-16)11-22;1-12-17(13-6-3-2-4-7-13)23-24(21-22-16(11-29-21)20(27)28)18(12)14-8-5-9-15(10-14)19(25)26;1-13-18(15-7-3-2-4-8-15)23-24(21-22-17(12-28-21)20(26)27)19(13)16-9-5-6-14(10-16)11-25;1-12-17(13-6-3-2-4-7-13)22-23(20-21-16(11-27-20)19(25)26)18(12)14-8-5-9-15(24)10-14/h3-12H,1-2H3,(H,27,28);2-10,12H,1H3,(H,26,27);2-11H,1H3,(H,25,26)(H,27,28);2-10,12,25H,11H2,1H3,(H,26,27);2-11,24H,1H3,(H,25,26). The molecule has 0 aliphatic rings. The van der Waals surface area contributed by atoms with Crippen molar-refractivity contribution in [1.29, 1.82) is 5.26 Å². The van der Waals surface area contributed by atoms with E-state index in [-0.39, 0.29) is 52.2 Å². The zero-order chi connectivity index (χ0) is 99.4. The molecule has 0 saturated carbocycles. The van der Waals surface area contributed by atoms with Gasteiger partial charge in [0, 0.05) is 116 Å². The minimum Gasteiger partial charge on any atom is -0.508 e. The summed E-state index contributed by atoms with van der Waals surface area (Å²) in [5.41, 5.74) is 22.8. The van der Waals surface area contributed by atoms with Crippen LogP contribution in [0.2, 0.25) is 0 Å². The van der Waals surface area contributed by atoms with Crippen molar-refractivity contribution in [2.75, 3.05) is 0 Å². The summed E-state index contributed by atoms with van der Waals surface area (Å²) in [4.78, 5) is 101. The second-order valence-corrected chi connectivity index (χ2v) is 35.4. The molecular formula is C105H78N16O15S5. The summed E-state index contributed by atoms with van der Waals surface area (Å²) < 4.78 is 8.23. The quantitative estimate of drug-likeness (QED) is 0.0276. The number of aromatic carboxylic acids is 6. The Bertz CT molecular complexity index is 7960. The largest absolute Gasteiger partial charge is 0.508 e. The SMILES string of the molecule is CC(=O)c1cccc(-c2c(C)c(-c3ccccc3)nn2-c2nc(C(=O)O)cs2)c1.Cc1c(-c2ccccc2)nn(-c2nc(C(=O)O)cs2)c1-c1cccc(C#N)c1.Cc1c(-c2ccccc2)nn(-c2nc(C(=O)O)cs2)c1-c1cccc(C(=O)O)c1.Cc1c(-c2ccccc2)nn(-c2nc(C(=O)O)cs2)c1-c1cccc(CO)c1.Cc1c(-c2ccccc2)nn(-c2nc(C(=O)O)cs2)c1-c1cccc(O)c1. The summed E-state index contributed by atoms with van der Waals surface area (Å²) in [6, 6.07) is 86.4. The lowest BCUT2D eigenvalue weighted by atomic mass is 10.0. The Morgan fingerprint density at radius 1 is 0.291 bits per heavy atom. The summed E-state index contributed by atoms with van der Waals surface area (Å²) in [7, 11) is 0. The van der Waals surface area contributed by atoms with E-state index < -0.39 is 35.8 Å². The number of carbonyl (C=O) groups is 7. The van der Waals surface area contributed by atoms with Crippen LogP contribution in [-0.4, -0.2) is 156 Å². The van der Waals surface area contributed by atoms with Gasteiger partial charge in [-0.15, -0.1) is 56.7 Å². The van der Waals surface area contributed by atoms with Gasteiger partial charge in [-0.05, 0) is 95.6 Å². The minimum absolute atomic E-state index is 0.00975. The summed E-state index contributed by atoms with van der Waals surface area (Å²) in [5.74, 6) is -6.34. The number of hydrogen-bond acceptors (Lipinski definition) is 25. The van der Waals surface area contributed by atoms with E-state index in [0.29, 0.717) is 53.7 Å². The van der Waals surface area contributed by atoms with Crippen LogP contribution in [0.3, 0.4) is 0 Å². The molecule has 20 rings (SSSR count). The number of Topliss-reactive ketones (excluding diaryl/α,β-unsaturated/α-hetero) is 1. The minimum atomic E-state index is -1.12. The number of aliphatic hydroxyl groups excluding tert-OH is 1. The highest BCUT2D eigenvalue weighted by molar-refractivity contribution is 7.13. The van der Waals surface area contributed by atoms with Crippen LogP contribution < -0.4 is 0 Å². The number of carboxylic acid groups (broad SMARTS) is 6. The first kappa shape index (κ1) is 96.3. The van der Waals surface area contributed by atoms with Gasteiger partial charge >= 0.3 is 35.8 Å². The molecule has 10 aromatic carbocycles. The summed E-state index contributed by atoms with van der Waals surface area (Å²) in [6.45, 7) is 11.2. The number of aromatic hydroxyl groups is 1. The zero-order valence-electron chi connectivity index (χ0n) is 75.2. The zero-order valence-corrected chi connectivity index (χ0v) is 79.3. The lowest BCUT2D eigenvalue weighted by Gasteiger charge is -2.07. The van der Waals surface area contributed by atoms with E-state index in [1.165, 1.54) is 85.2 Å². The van der Waals surface area contributed by atoms with E-state index in [1.54, 1.807) is 78.0 Å². The Hall–Kier alpha value is -17.9. The average Bonchev–Trinajstić information content (AvgIpc) is 1.62. The molecule has 20 aromatic rings. The predicted octanol–water partition coefficient (Wildman–Crippen LogP) is 22.3. The number of nitrogens with zero attached hydrogens (tertiary/aromatic N) is 16. The number of hydrogen-bond donors (Lipinski definition) is 8. The molecule has 10 heterocycles. The molecular weight excluding hydrogens is 1890 g/mol. The normalized spacial score (nSPS) is 10.8. The van der Waals surface area contributed by atoms with Crippen molar-refractivity contribution in [3.63, 3.8) is 0 Å². The van der Waals surface area contributed by atoms with Gasteiger partial charge in [-0.1, -0.05) is 224 Å². The summed E-state index contributed by atoms with van der Waals surface area (Å²) in [5, 5.41) is 117. The Balaban J connectivity index is 0.000000127. The molecule has 141 heavy (non-hydrogen) atoms. The maximum atomic E-state index is 11.9. The van der Waals surface area contributed by atoms with Crippen molar-refractivity contribution in [2.24, 2.45) is 0 Å². The molecule has 0 spiro atoms. The van der Waals surface area contributed by atoms with E-state index >= 15 is 0 Å². The number of phenols is 1. The van der Waals surface area contributed by atoms with Crippen LogP contribution in [0, 0.1) is 45.9 Å². The van der Waals surface area contributed by atoms with E-state index in [4.69, 9.17) is 25.5 Å². The highest BCUT2D eigenvalue weighted by Gasteiger charge is 2.30. The second kappa shape index (κ2) is 42.6. The van der Waals surface area contributed by atoms with Crippen LogP contribution in [0.1, 0.15) is 119 Å². The molecule has 0 aliphatic heterocycles. The number of aromatic nitrogens is 15. The molecule has 31 nitrogen and oxygen atoms in total. The molecule has 0 amide bonds. The lowest BCUT2D eigenvalue weighted by Crippen LogP contribution is -2.03. The molecule has 10 aromatic heterocycles. The van der Waals surface area contributed by atoms with Crippen LogP contribution in [0.15, 0.2) is 300 Å². The number of aliphatic hydroxyl groups is 1. The van der Waals surface area contributed by atoms with Gasteiger partial charge in [0.2, 0.25) is 25.7 Å². The van der Waals surface area contributed by atoms with Gasteiger partial charge in [0.25, 0.3) is 0 Å². The van der Waals surface area contributed by atoms with E-state index in [1.807, 2.05) is 247 Å². The fourth-order valence-corrected chi connectivity index (χ4v) is 19.2. The Morgan fingerprint density at radius 3 is 0.787 bits per heavy atom. The van der Waals surface area contributed by atoms with Crippen molar-refractivity contribution in [3.05, 3.63) is 378 Å². The molecule has 0 fully saturated rings. The van der Waals surface area contributed by atoms with Crippen LogP contribution >= 0.6 is 56.7 Å². The monoisotopic (exact) mass is 1960 g/mol. The first-order chi connectivity index (χ1) is 68.1. The third-order valence-corrected chi connectivity index (χ3v) is 26.1. The number of ketones is 1. The van der Waals surface area contributed by atoms with Gasteiger partial charge in [-0.25, -0.2) is 77.1 Å². The van der Waals surface area contributed by atoms with Gasteiger partial charge in [0.1, 0.15) is 5.75 Å². The van der Waals surface area contributed by atoms with Crippen molar-refractivity contribution in [3.8, 4) is 150 Å². The Labute approximate surface area is 822 Å². The van der Waals surface area contributed by atoms with Gasteiger partial charge in [-0.2, -0.15) is 30.8 Å². The fraction of sp³-hybridized carbons (Fsp3) is 0.0667. The van der Waals surface area contributed by atoms with Crippen LogP contribution in [-0.2, 0) is 6.61 Å². The van der Waals surface area contributed by atoms with Gasteiger partial charge in [0.05, 0.1) is 80.7 Å². The van der Waals surface area contributed by atoms with Crippen LogP contribution in [0.25, 0.3) is 138 Å². The molecule has 698 valence electrons. The number of thiazole rings is 5. The van der Waals surface area contributed by atoms with Crippen molar-refractivity contribution in [2.45, 2.75) is 48.1 Å². The second-order valence-electron chi connectivity index (χ2n) is 31.2. The van der Waals surface area contributed by atoms with Crippen molar-refractivity contribution in [1.82, 2.24) is 73.8 Å². The average molecular weight is 1960 g/mol. The van der Waals surface area contributed by atoms with Crippen LogP contribution in [0.5, 0.6) is 5.75 Å². The third-order valence-electron chi connectivity index (χ3n) is 22.0. The first-order valence-corrected chi connectivity index (χ1v) is 47.2. The van der Waals surface area contributed by atoms with Gasteiger partial charge in [-0.3, -0.25) is 4.79 Å². The third kappa shape index (κ3) is 21.1. The lowest BCUT2D eigenvalue weighted by molar-refractivity contribution is 0.0680. The smallest absolute Gasteiger partial charge is 0.355 e. The van der Waals surface area contributed by atoms with E-state index in [9.17, 15) is 79.7 Å².